The summed E-state index contributed by atoms with van der Waals surface area (Å²) in [5.41, 5.74) is 5.53. The van der Waals surface area contributed by atoms with Gasteiger partial charge in [0.2, 0.25) is 5.91 Å². The minimum Gasteiger partial charge on any atom is -0.488 e. The lowest BCUT2D eigenvalue weighted by molar-refractivity contribution is -0.127. The normalized spacial score (nSPS) is 16.3. The number of carbonyl (C=O) groups is 1. The number of aromatic nitrogens is 1. The second-order valence-corrected chi connectivity index (χ2v) is 14.0. The van der Waals surface area contributed by atoms with Gasteiger partial charge in [0, 0.05) is 82.5 Å². The van der Waals surface area contributed by atoms with E-state index in [-0.39, 0.29) is 11.9 Å². The van der Waals surface area contributed by atoms with E-state index in [0.29, 0.717) is 13.2 Å². The fraction of sp³-hybridized carbons (Fsp3) is 0.364. The first-order chi connectivity index (χ1) is 26.7. The van der Waals surface area contributed by atoms with E-state index in [1.54, 1.807) is 0 Å². The number of piperazine rings is 1. The second kappa shape index (κ2) is 19.3. The lowest BCUT2D eigenvalue weighted by atomic mass is 10.0. The number of guanidine groups is 1. The van der Waals surface area contributed by atoms with Crippen molar-refractivity contribution in [3.63, 3.8) is 0 Å². The van der Waals surface area contributed by atoms with Crippen LogP contribution in [0.4, 0.5) is 0 Å². The average molecular weight is 728 g/mol. The number of amides is 1. The molecule has 282 valence electrons. The van der Waals surface area contributed by atoms with Gasteiger partial charge in [0.25, 0.3) is 0 Å². The number of nitrogens with zero attached hydrogens (tertiary/aromatic N) is 4. The van der Waals surface area contributed by atoms with Gasteiger partial charge < -0.3 is 30.0 Å². The zero-order valence-electron chi connectivity index (χ0n) is 31.2. The highest BCUT2D eigenvalue weighted by Crippen LogP contribution is 2.30. The molecule has 10 heteroatoms. The Morgan fingerprint density at radius 2 is 1.50 bits per heavy atom. The van der Waals surface area contributed by atoms with Crippen LogP contribution >= 0.6 is 0 Å². The molecule has 2 aliphatic heterocycles. The van der Waals surface area contributed by atoms with Gasteiger partial charge in [0.15, 0.2) is 5.96 Å². The summed E-state index contributed by atoms with van der Waals surface area (Å²) in [6.07, 6.45) is 3.91. The number of hydrogen-bond acceptors (Lipinski definition) is 6. The van der Waals surface area contributed by atoms with Crippen molar-refractivity contribution in [3.8, 4) is 5.75 Å². The Morgan fingerprint density at radius 1 is 0.796 bits per heavy atom. The van der Waals surface area contributed by atoms with Gasteiger partial charge in [-0.25, -0.2) is 0 Å². The van der Waals surface area contributed by atoms with Gasteiger partial charge in [-0.15, -0.1) is 0 Å². The summed E-state index contributed by atoms with van der Waals surface area (Å²) in [5.74, 6) is 1.85. The number of aliphatic imine (C=N–C) groups is 1. The summed E-state index contributed by atoms with van der Waals surface area (Å²) in [7, 11) is 0. The number of carbonyl (C=O) groups excluding carboxylic acids is 1. The van der Waals surface area contributed by atoms with Crippen molar-refractivity contribution in [1.82, 2.24) is 30.3 Å². The van der Waals surface area contributed by atoms with Crippen LogP contribution in [0.5, 0.6) is 5.75 Å². The number of benzene rings is 4. The number of hydrogen-bond donors (Lipinski definition) is 3. The minimum absolute atomic E-state index is 0.0273. The van der Waals surface area contributed by atoms with E-state index in [4.69, 9.17) is 14.5 Å². The van der Waals surface area contributed by atoms with Gasteiger partial charge in [0.05, 0.1) is 13.2 Å². The van der Waals surface area contributed by atoms with E-state index in [1.807, 2.05) is 72.8 Å². The van der Waals surface area contributed by atoms with E-state index in [2.05, 4.69) is 72.9 Å². The van der Waals surface area contributed by atoms with E-state index in [0.717, 1.165) is 124 Å². The molecule has 3 heterocycles. The molecule has 2 fully saturated rings. The third-order valence-corrected chi connectivity index (χ3v) is 10.3. The SMILES string of the molecule is O=C(NCc1ccccc1)C(c1ccccc1)N1CCN(C(=NCCCN2CCOCC2)NCCc2c[nH]c3cccc(OCc4ccccc4)c23)CC1. The molecule has 0 saturated carbocycles. The quantitative estimate of drug-likeness (QED) is 0.0731. The molecule has 54 heavy (non-hydrogen) atoms. The van der Waals surface area contributed by atoms with Crippen LogP contribution in [0.15, 0.2) is 120 Å². The van der Waals surface area contributed by atoms with Gasteiger partial charge >= 0.3 is 0 Å². The lowest BCUT2D eigenvalue weighted by Crippen LogP contribution is -2.55. The molecule has 0 spiro atoms. The Labute approximate surface area is 319 Å². The average Bonchev–Trinajstić information content (AvgIpc) is 3.65. The molecule has 4 aromatic carbocycles. The van der Waals surface area contributed by atoms with Crippen molar-refractivity contribution in [1.29, 1.82) is 0 Å². The molecule has 1 amide bonds. The molecule has 1 unspecified atom stereocenters. The van der Waals surface area contributed by atoms with Gasteiger partial charge in [-0.3, -0.25) is 19.6 Å². The van der Waals surface area contributed by atoms with Crippen molar-refractivity contribution in [3.05, 3.63) is 138 Å². The fourth-order valence-electron chi connectivity index (χ4n) is 7.39. The molecule has 10 nitrogen and oxygen atoms in total. The van der Waals surface area contributed by atoms with Crippen LogP contribution < -0.4 is 15.4 Å². The zero-order valence-corrected chi connectivity index (χ0v) is 31.2. The number of fused-ring (bicyclic) bond motifs is 1. The third-order valence-electron chi connectivity index (χ3n) is 10.3. The van der Waals surface area contributed by atoms with Crippen LogP contribution in [-0.2, 0) is 29.1 Å². The fourth-order valence-corrected chi connectivity index (χ4v) is 7.39. The number of rotatable bonds is 15. The highest BCUT2D eigenvalue weighted by atomic mass is 16.5. The molecular weight excluding hydrogens is 675 g/mol. The van der Waals surface area contributed by atoms with Gasteiger partial charge in [-0.1, -0.05) is 97.1 Å². The second-order valence-electron chi connectivity index (χ2n) is 14.0. The van der Waals surface area contributed by atoms with Crippen molar-refractivity contribution in [2.75, 3.05) is 72.1 Å². The standard InChI is InChI=1S/C44H53N7O3/c52-43(48-32-35-12-4-1-5-13-35)42(37-16-8-3-9-17-37)50-24-26-51(27-25-50)44(45-21-11-23-49-28-30-53-31-29-49)46-22-20-38-33-47-39-18-10-19-40(41(38)39)54-34-36-14-6-2-7-15-36/h1-10,12-19,33,42,47H,11,20-32,34H2,(H,45,46)(H,48,52). The zero-order chi connectivity index (χ0) is 36.8. The topological polar surface area (TPSA) is 97.5 Å². The number of nitrogens with one attached hydrogen (secondary N) is 3. The summed E-state index contributed by atoms with van der Waals surface area (Å²) < 4.78 is 11.9. The van der Waals surface area contributed by atoms with Crippen LogP contribution in [-0.4, -0.2) is 104 Å². The van der Waals surface area contributed by atoms with Gasteiger partial charge in [-0.05, 0) is 47.2 Å². The van der Waals surface area contributed by atoms with Crippen LogP contribution in [0.25, 0.3) is 10.9 Å². The predicted octanol–water partition coefficient (Wildman–Crippen LogP) is 5.63. The molecule has 3 N–H and O–H groups in total. The molecule has 1 aromatic heterocycles. The number of morpholine rings is 1. The Hall–Kier alpha value is -5.16. The molecule has 0 bridgehead atoms. The summed E-state index contributed by atoms with van der Waals surface area (Å²) in [6.45, 7) is 10.2. The lowest BCUT2D eigenvalue weighted by Gasteiger charge is -2.40. The van der Waals surface area contributed by atoms with Crippen molar-refractivity contribution >= 4 is 22.8 Å². The molecular formula is C44H53N7O3. The monoisotopic (exact) mass is 727 g/mol. The predicted molar refractivity (Wildman–Crippen MR) is 216 cm³/mol. The molecule has 1 atom stereocenters. The third kappa shape index (κ3) is 10.1. The van der Waals surface area contributed by atoms with Crippen molar-refractivity contribution in [2.45, 2.75) is 32.0 Å². The first-order valence-corrected chi connectivity index (χ1v) is 19.4. The van der Waals surface area contributed by atoms with Crippen LogP contribution in [0.3, 0.4) is 0 Å². The number of aromatic amines is 1. The van der Waals surface area contributed by atoms with Crippen LogP contribution in [0.1, 0.15) is 34.7 Å². The maximum absolute atomic E-state index is 13.8. The molecule has 5 aromatic rings. The largest absolute Gasteiger partial charge is 0.488 e. The van der Waals surface area contributed by atoms with Gasteiger partial charge in [-0.2, -0.15) is 0 Å². The highest BCUT2D eigenvalue weighted by molar-refractivity contribution is 5.89. The van der Waals surface area contributed by atoms with Crippen LogP contribution in [0.2, 0.25) is 0 Å². The summed E-state index contributed by atoms with van der Waals surface area (Å²) in [4.78, 5) is 29.6. The van der Waals surface area contributed by atoms with Crippen LogP contribution in [0, 0.1) is 0 Å². The smallest absolute Gasteiger partial charge is 0.242 e. The molecule has 2 aliphatic rings. The maximum atomic E-state index is 13.8. The first-order valence-electron chi connectivity index (χ1n) is 19.4. The Kier molecular flexibility index (Phi) is 13.2. The summed E-state index contributed by atoms with van der Waals surface area (Å²) >= 11 is 0. The van der Waals surface area contributed by atoms with E-state index >= 15 is 0 Å². The molecule has 7 rings (SSSR count). The van der Waals surface area contributed by atoms with E-state index in [9.17, 15) is 4.79 Å². The van der Waals surface area contributed by atoms with Gasteiger partial charge in [0.1, 0.15) is 18.4 Å². The molecule has 0 aliphatic carbocycles. The summed E-state index contributed by atoms with van der Waals surface area (Å²) in [6, 6.07) is 36.4. The summed E-state index contributed by atoms with van der Waals surface area (Å²) in [5, 5.41) is 8.08. The maximum Gasteiger partial charge on any atom is 0.242 e. The van der Waals surface area contributed by atoms with E-state index < -0.39 is 0 Å². The number of ether oxygens (including phenoxy) is 2. The first kappa shape index (κ1) is 37.2. The highest BCUT2D eigenvalue weighted by Gasteiger charge is 2.31. The Balaban J connectivity index is 1.01. The van der Waals surface area contributed by atoms with Crippen molar-refractivity contribution < 1.29 is 14.3 Å². The Bertz CT molecular complexity index is 1900. The Morgan fingerprint density at radius 3 is 2.24 bits per heavy atom. The molecule has 2 saturated heterocycles. The molecule has 0 radical (unpaired) electrons. The number of H-pyrrole nitrogens is 1. The van der Waals surface area contributed by atoms with Crippen molar-refractivity contribution in [2.24, 2.45) is 4.99 Å². The van der Waals surface area contributed by atoms with E-state index in [1.165, 1.54) is 5.56 Å². The minimum atomic E-state index is -0.362.